The largest absolute Gasteiger partial charge is 0.376 e. The lowest BCUT2D eigenvalue weighted by Gasteiger charge is -2.14. The summed E-state index contributed by atoms with van der Waals surface area (Å²) in [7, 11) is 1.67. The number of fused-ring (bicyclic) bond motifs is 1. The van der Waals surface area contributed by atoms with Gasteiger partial charge in [-0.3, -0.25) is 18.7 Å². The standard InChI is InChI=1S/C22H24N4O4/c1-25-18-10-4-5-11-19(18)26(22(25)29)14-20(27)24-17-9-3-2-8-16(17)21(28)23-13-15-7-6-12-30-15/h2-5,8-11,15H,6-7,12-14H2,1H3,(H,23,28)(H,24,27). The number of para-hydroxylation sites is 3. The van der Waals surface area contributed by atoms with Crippen molar-refractivity contribution < 1.29 is 14.3 Å². The van der Waals surface area contributed by atoms with Crippen molar-refractivity contribution in [2.75, 3.05) is 18.5 Å². The molecular weight excluding hydrogens is 384 g/mol. The van der Waals surface area contributed by atoms with Crippen molar-refractivity contribution in [2.24, 2.45) is 7.05 Å². The van der Waals surface area contributed by atoms with E-state index < -0.39 is 0 Å². The number of imidazole rings is 1. The summed E-state index contributed by atoms with van der Waals surface area (Å²) in [6, 6.07) is 14.1. The van der Waals surface area contributed by atoms with Gasteiger partial charge in [0.1, 0.15) is 6.54 Å². The van der Waals surface area contributed by atoms with Crippen LogP contribution in [0.3, 0.4) is 0 Å². The van der Waals surface area contributed by atoms with Crippen LogP contribution < -0.4 is 16.3 Å². The Hall–Kier alpha value is -3.39. The summed E-state index contributed by atoms with van der Waals surface area (Å²) >= 11 is 0. The highest BCUT2D eigenvalue weighted by molar-refractivity contribution is 6.03. The molecule has 1 saturated heterocycles. The maximum Gasteiger partial charge on any atom is 0.329 e. The first-order valence-electron chi connectivity index (χ1n) is 9.97. The van der Waals surface area contributed by atoms with Crippen molar-refractivity contribution >= 4 is 28.5 Å². The molecule has 0 spiro atoms. The van der Waals surface area contributed by atoms with Crippen LogP contribution in [0.5, 0.6) is 0 Å². The number of nitrogens with one attached hydrogen (secondary N) is 2. The minimum absolute atomic E-state index is 0.0361. The van der Waals surface area contributed by atoms with E-state index in [1.165, 1.54) is 9.13 Å². The number of aromatic nitrogens is 2. The van der Waals surface area contributed by atoms with Crippen LogP contribution in [0.25, 0.3) is 11.0 Å². The minimum Gasteiger partial charge on any atom is -0.376 e. The average Bonchev–Trinajstić information content (AvgIpc) is 3.36. The Morgan fingerprint density at radius 1 is 1.10 bits per heavy atom. The number of hydrogen-bond acceptors (Lipinski definition) is 4. The molecule has 0 saturated carbocycles. The number of hydrogen-bond donors (Lipinski definition) is 2. The number of carbonyl (C=O) groups excluding carboxylic acids is 2. The topological polar surface area (TPSA) is 94.4 Å². The molecule has 1 unspecified atom stereocenters. The zero-order valence-corrected chi connectivity index (χ0v) is 16.8. The van der Waals surface area contributed by atoms with Crippen molar-refractivity contribution in [1.29, 1.82) is 0 Å². The number of ether oxygens (including phenoxy) is 1. The van der Waals surface area contributed by atoms with Crippen molar-refractivity contribution in [2.45, 2.75) is 25.5 Å². The molecule has 0 bridgehead atoms. The molecule has 30 heavy (non-hydrogen) atoms. The van der Waals surface area contributed by atoms with E-state index in [2.05, 4.69) is 10.6 Å². The van der Waals surface area contributed by atoms with Crippen LogP contribution in [0.15, 0.2) is 53.3 Å². The average molecular weight is 408 g/mol. The molecular formula is C22H24N4O4. The van der Waals surface area contributed by atoms with E-state index >= 15 is 0 Å². The van der Waals surface area contributed by atoms with E-state index in [-0.39, 0.29) is 30.2 Å². The molecule has 8 nitrogen and oxygen atoms in total. The Morgan fingerprint density at radius 2 is 1.83 bits per heavy atom. The highest BCUT2D eigenvalue weighted by Crippen LogP contribution is 2.17. The molecule has 1 fully saturated rings. The lowest BCUT2D eigenvalue weighted by Crippen LogP contribution is -2.33. The second kappa shape index (κ2) is 8.54. The lowest BCUT2D eigenvalue weighted by molar-refractivity contribution is -0.116. The second-order valence-corrected chi connectivity index (χ2v) is 7.36. The Labute approximate surface area is 173 Å². The normalized spacial score (nSPS) is 16.0. The molecule has 156 valence electrons. The predicted octanol–water partition coefficient (Wildman–Crippen LogP) is 1.89. The van der Waals surface area contributed by atoms with E-state index in [4.69, 9.17) is 4.74 Å². The van der Waals surface area contributed by atoms with Crippen molar-refractivity contribution in [3.05, 3.63) is 64.6 Å². The molecule has 3 aromatic rings. The van der Waals surface area contributed by atoms with Gasteiger partial charge in [0.2, 0.25) is 5.91 Å². The van der Waals surface area contributed by atoms with Crippen LogP contribution in [0.2, 0.25) is 0 Å². The zero-order valence-electron chi connectivity index (χ0n) is 16.8. The summed E-state index contributed by atoms with van der Waals surface area (Å²) in [4.78, 5) is 37.8. The Kier molecular flexibility index (Phi) is 5.67. The van der Waals surface area contributed by atoms with Gasteiger partial charge in [-0.15, -0.1) is 0 Å². The zero-order chi connectivity index (χ0) is 21.1. The summed E-state index contributed by atoms with van der Waals surface area (Å²) in [6.07, 6.45) is 1.97. The predicted molar refractivity (Wildman–Crippen MR) is 114 cm³/mol. The van der Waals surface area contributed by atoms with Gasteiger partial charge in [-0.1, -0.05) is 24.3 Å². The maximum absolute atomic E-state index is 12.7. The van der Waals surface area contributed by atoms with Gasteiger partial charge in [0.15, 0.2) is 0 Å². The van der Waals surface area contributed by atoms with Crippen LogP contribution in [0, 0.1) is 0 Å². The molecule has 2 N–H and O–H groups in total. The monoisotopic (exact) mass is 408 g/mol. The molecule has 2 aromatic carbocycles. The van der Waals surface area contributed by atoms with Gasteiger partial charge in [-0.25, -0.2) is 4.79 Å². The molecule has 1 aliphatic heterocycles. The summed E-state index contributed by atoms with van der Waals surface area (Å²) < 4.78 is 8.46. The molecule has 2 heterocycles. The fourth-order valence-electron chi connectivity index (χ4n) is 3.75. The third kappa shape index (κ3) is 3.99. The van der Waals surface area contributed by atoms with Gasteiger partial charge in [0.05, 0.1) is 28.4 Å². The fourth-order valence-corrected chi connectivity index (χ4v) is 3.75. The summed E-state index contributed by atoms with van der Waals surface area (Å²) in [5.74, 6) is -0.656. The Morgan fingerprint density at radius 3 is 2.60 bits per heavy atom. The molecule has 0 radical (unpaired) electrons. The SMILES string of the molecule is Cn1c(=O)n(CC(=O)Nc2ccccc2C(=O)NCC2CCCO2)c2ccccc21. The molecule has 1 aliphatic rings. The molecule has 1 aromatic heterocycles. The lowest BCUT2D eigenvalue weighted by atomic mass is 10.1. The molecule has 4 rings (SSSR count). The van der Waals surface area contributed by atoms with Crippen molar-refractivity contribution in [3.8, 4) is 0 Å². The molecule has 8 heteroatoms. The smallest absolute Gasteiger partial charge is 0.329 e. The van der Waals surface area contributed by atoms with E-state index in [1.807, 2.05) is 18.2 Å². The molecule has 0 aliphatic carbocycles. The quantitative estimate of drug-likeness (QED) is 0.651. The van der Waals surface area contributed by atoms with Crippen LogP contribution in [-0.4, -0.2) is 40.2 Å². The van der Waals surface area contributed by atoms with Crippen molar-refractivity contribution in [3.63, 3.8) is 0 Å². The first kappa shape index (κ1) is 19.9. The van der Waals surface area contributed by atoms with E-state index in [1.54, 1.807) is 37.4 Å². The van der Waals surface area contributed by atoms with Crippen LogP contribution >= 0.6 is 0 Å². The number of anilines is 1. The molecule has 1 atom stereocenters. The maximum atomic E-state index is 12.7. The number of amides is 2. The third-order valence-electron chi connectivity index (χ3n) is 5.31. The second-order valence-electron chi connectivity index (χ2n) is 7.36. The summed E-state index contributed by atoms with van der Waals surface area (Å²) in [5.41, 5.74) is 1.94. The number of carbonyl (C=O) groups is 2. The number of nitrogens with zero attached hydrogens (tertiary/aromatic N) is 2. The number of rotatable bonds is 6. The highest BCUT2D eigenvalue weighted by atomic mass is 16.5. The van der Waals surface area contributed by atoms with Gasteiger partial charge in [-0.05, 0) is 37.1 Å². The number of aryl methyl sites for hydroxylation is 1. The van der Waals surface area contributed by atoms with E-state index in [0.29, 0.717) is 23.3 Å². The van der Waals surface area contributed by atoms with Gasteiger partial charge < -0.3 is 15.4 Å². The Balaban J connectivity index is 1.48. The first-order chi connectivity index (χ1) is 14.5. The minimum atomic E-state index is -0.382. The summed E-state index contributed by atoms with van der Waals surface area (Å²) in [6.45, 7) is 1.01. The van der Waals surface area contributed by atoms with E-state index in [0.717, 1.165) is 25.0 Å². The van der Waals surface area contributed by atoms with Gasteiger partial charge in [-0.2, -0.15) is 0 Å². The van der Waals surface area contributed by atoms with Gasteiger partial charge in [0.25, 0.3) is 5.91 Å². The van der Waals surface area contributed by atoms with Crippen LogP contribution in [-0.2, 0) is 23.1 Å². The van der Waals surface area contributed by atoms with Crippen LogP contribution in [0.1, 0.15) is 23.2 Å². The van der Waals surface area contributed by atoms with Gasteiger partial charge in [0, 0.05) is 20.2 Å². The van der Waals surface area contributed by atoms with Crippen LogP contribution in [0.4, 0.5) is 5.69 Å². The first-order valence-corrected chi connectivity index (χ1v) is 9.97. The molecule has 2 amide bonds. The summed E-state index contributed by atoms with van der Waals surface area (Å²) in [5, 5.41) is 5.64. The number of benzene rings is 2. The third-order valence-corrected chi connectivity index (χ3v) is 5.31. The van der Waals surface area contributed by atoms with E-state index in [9.17, 15) is 14.4 Å². The fraction of sp³-hybridized carbons (Fsp3) is 0.318. The highest BCUT2D eigenvalue weighted by Gasteiger charge is 2.19. The van der Waals surface area contributed by atoms with Crippen molar-refractivity contribution in [1.82, 2.24) is 14.5 Å². The van der Waals surface area contributed by atoms with Gasteiger partial charge >= 0.3 is 5.69 Å². The Bertz CT molecular complexity index is 1140.